The molecule has 1 fully saturated rings. The van der Waals surface area contributed by atoms with Gasteiger partial charge in [-0.25, -0.2) is 4.79 Å². The first-order chi connectivity index (χ1) is 12.1. The molecule has 0 atom stereocenters. The number of nitrogens with one attached hydrogen (secondary N) is 1. The van der Waals surface area contributed by atoms with E-state index in [9.17, 15) is 9.59 Å². The maximum atomic E-state index is 12.0. The molecule has 1 aliphatic rings. The van der Waals surface area contributed by atoms with Crippen LogP contribution in [0.4, 0.5) is 0 Å². The molecule has 0 saturated heterocycles. The Morgan fingerprint density at radius 1 is 1.16 bits per heavy atom. The van der Waals surface area contributed by atoms with Crippen molar-refractivity contribution >= 4 is 11.9 Å². The minimum atomic E-state index is -1.04. The summed E-state index contributed by atoms with van der Waals surface area (Å²) in [5.74, 6) is -0.0326. The lowest BCUT2D eigenvalue weighted by Gasteiger charge is -2.29. The molecule has 2 N–H and O–H groups in total. The van der Waals surface area contributed by atoms with E-state index in [2.05, 4.69) is 34.7 Å². The van der Waals surface area contributed by atoms with Gasteiger partial charge < -0.3 is 10.4 Å². The van der Waals surface area contributed by atoms with Gasteiger partial charge in [0.15, 0.2) is 0 Å². The summed E-state index contributed by atoms with van der Waals surface area (Å²) in [6.45, 7) is 0.722. The number of carboxylic acids is 1. The number of aromatic carboxylic acids is 1. The maximum Gasteiger partial charge on any atom is 0.338 e. The van der Waals surface area contributed by atoms with Gasteiger partial charge in [0.05, 0.1) is 11.8 Å². The lowest BCUT2D eigenvalue weighted by Crippen LogP contribution is -2.33. The molecule has 25 heavy (non-hydrogen) atoms. The van der Waals surface area contributed by atoms with Gasteiger partial charge in [0.2, 0.25) is 5.91 Å². The van der Waals surface area contributed by atoms with Crippen molar-refractivity contribution < 1.29 is 14.7 Å². The highest BCUT2D eigenvalue weighted by molar-refractivity contribution is 5.87. The minimum Gasteiger partial charge on any atom is -0.478 e. The number of aromatic nitrogens is 2. The Morgan fingerprint density at radius 3 is 2.52 bits per heavy atom. The Bertz CT molecular complexity index is 719. The number of amides is 1. The van der Waals surface area contributed by atoms with Gasteiger partial charge >= 0.3 is 5.97 Å². The summed E-state index contributed by atoms with van der Waals surface area (Å²) in [5, 5.41) is 15.7. The van der Waals surface area contributed by atoms with Crippen LogP contribution in [-0.2, 0) is 11.3 Å². The van der Waals surface area contributed by atoms with Crippen molar-refractivity contribution in [2.75, 3.05) is 6.54 Å². The van der Waals surface area contributed by atoms with Gasteiger partial charge in [-0.1, -0.05) is 30.3 Å². The summed E-state index contributed by atoms with van der Waals surface area (Å²) >= 11 is 0. The number of hydrogen-bond acceptors (Lipinski definition) is 3. The molecule has 1 aromatic carbocycles. The van der Waals surface area contributed by atoms with Crippen LogP contribution >= 0.6 is 0 Å². The monoisotopic (exact) mass is 341 g/mol. The van der Waals surface area contributed by atoms with Crippen molar-refractivity contribution in [3.05, 3.63) is 53.9 Å². The zero-order valence-electron chi connectivity index (χ0n) is 14.1. The van der Waals surface area contributed by atoms with E-state index in [0.717, 1.165) is 25.7 Å². The van der Waals surface area contributed by atoms with Gasteiger partial charge in [-0.05, 0) is 43.1 Å². The quantitative estimate of drug-likeness (QED) is 0.846. The summed E-state index contributed by atoms with van der Waals surface area (Å²) < 4.78 is 1.35. The van der Waals surface area contributed by atoms with Gasteiger partial charge in [0.1, 0.15) is 6.54 Å². The second-order valence-electron chi connectivity index (χ2n) is 6.66. The Kier molecular flexibility index (Phi) is 5.48. The standard InChI is InChI=1S/C19H23N3O3/c23-18(13-22-12-17(11-21-22)19(24)25)20-10-14-6-8-16(9-7-14)15-4-2-1-3-5-15/h1-5,11-12,14,16H,6-10,13H2,(H,20,23)(H,24,25). The van der Waals surface area contributed by atoms with E-state index in [1.165, 1.54) is 22.6 Å². The smallest absolute Gasteiger partial charge is 0.338 e. The second-order valence-corrected chi connectivity index (χ2v) is 6.66. The van der Waals surface area contributed by atoms with Crippen LogP contribution in [0.1, 0.15) is 47.5 Å². The molecule has 0 radical (unpaired) electrons. The molecular weight excluding hydrogens is 318 g/mol. The number of hydrogen-bond donors (Lipinski definition) is 2. The first-order valence-electron chi connectivity index (χ1n) is 8.69. The fraction of sp³-hybridized carbons (Fsp3) is 0.421. The highest BCUT2D eigenvalue weighted by Crippen LogP contribution is 2.35. The number of carboxylic acid groups (broad SMARTS) is 1. The van der Waals surface area contributed by atoms with Gasteiger partial charge in [0.25, 0.3) is 0 Å². The lowest BCUT2D eigenvalue weighted by molar-refractivity contribution is -0.122. The van der Waals surface area contributed by atoms with Crippen molar-refractivity contribution in [2.45, 2.75) is 38.1 Å². The van der Waals surface area contributed by atoms with Gasteiger partial charge in [-0.2, -0.15) is 5.10 Å². The van der Waals surface area contributed by atoms with Crippen LogP contribution in [0, 0.1) is 5.92 Å². The Hall–Kier alpha value is -2.63. The first-order valence-corrected chi connectivity index (χ1v) is 8.69. The molecule has 6 heteroatoms. The number of nitrogens with zero attached hydrogens (tertiary/aromatic N) is 2. The first kappa shape index (κ1) is 17.2. The molecule has 1 aliphatic carbocycles. The molecule has 0 bridgehead atoms. The molecule has 6 nitrogen and oxygen atoms in total. The van der Waals surface area contributed by atoms with E-state index < -0.39 is 5.97 Å². The third kappa shape index (κ3) is 4.68. The van der Waals surface area contributed by atoms with Crippen molar-refractivity contribution in [1.29, 1.82) is 0 Å². The van der Waals surface area contributed by atoms with E-state index in [4.69, 9.17) is 5.11 Å². The predicted molar refractivity (Wildman–Crippen MR) is 93.3 cm³/mol. The van der Waals surface area contributed by atoms with E-state index in [1.54, 1.807) is 0 Å². The van der Waals surface area contributed by atoms with Gasteiger partial charge in [-0.15, -0.1) is 0 Å². The minimum absolute atomic E-state index is 0.0483. The normalized spacial score (nSPS) is 20.2. The third-order valence-corrected chi connectivity index (χ3v) is 4.89. The SMILES string of the molecule is O=C(Cn1cc(C(=O)O)cn1)NCC1CCC(c2ccccc2)CC1. The molecule has 3 rings (SSSR count). The number of benzene rings is 1. The molecule has 132 valence electrons. The van der Waals surface area contributed by atoms with Crippen LogP contribution in [0.5, 0.6) is 0 Å². The summed E-state index contributed by atoms with van der Waals surface area (Å²) in [6, 6.07) is 10.6. The van der Waals surface area contributed by atoms with Crippen molar-refractivity contribution in [1.82, 2.24) is 15.1 Å². The molecule has 1 saturated carbocycles. The number of carbonyl (C=O) groups is 2. The van der Waals surface area contributed by atoms with Crippen LogP contribution < -0.4 is 5.32 Å². The molecule has 1 heterocycles. The Balaban J connectivity index is 1.40. The maximum absolute atomic E-state index is 12.0. The van der Waals surface area contributed by atoms with E-state index in [1.807, 2.05) is 6.07 Å². The second kappa shape index (κ2) is 7.96. The average Bonchev–Trinajstić information content (AvgIpc) is 3.10. The van der Waals surface area contributed by atoms with Crippen molar-refractivity contribution in [2.24, 2.45) is 5.92 Å². The average molecular weight is 341 g/mol. The zero-order chi connectivity index (χ0) is 17.6. The number of rotatable bonds is 6. The molecule has 0 unspecified atom stereocenters. The van der Waals surface area contributed by atoms with Crippen LogP contribution in [0.3, 0.4) is 0 Å². The highest BCUT2D eigenvalue weighted by atomic mass is 16.4. The largest absolute Gasteiger partial charge is 0.478 e. The molecule has 1 amide bonds. The topological polar surface area (TPSA) is 84.2 Å². The van der Waals surface area contributed by atoms with Crippen LogP contribution in [0.2, 0.25) is 0 Å². The van der Waals surface area contributed by atoms with E-state index >= 15 is 0 Å². The van der Waals surface area contributed by atoms with Gasteiger partial charge in [0, 0.05) is 12.7 Å². The lowest BCUT2D eigenvalue weighted by atomic mass is 9.79. The number of carbonyl (C=O) groups excluding carboxylic acids is 1. The molecule has 0 aliphatic heterocycles. The summed E-state index contributed by atoms with van der Waals surface area (Å²) in [5.41, 5.74) is 1.50. The predicted octanol–water partition coefficient (Wildman–Crippen LogP) is 2.67. The zero-order valence-corrected chi connectivity index (χ0v) is 14.1. The summed E-state index contributed by atoms with van der Waals surface area (Å²) in [4.78, 5) is 22.8. The molecule has 2 aromatic rings. The van der Waals surface area contributed by atoms with Crippen molar-refractivity contribution in [3.63, 3.8) is 0 Å². The Morgan fingerprint density at radius 2 is 1.88 bits per heavy atom. The summed E-state index contributed by atoms with van der Waals surface area (Å²) in [6.07, 6.45) is 7.17. The highest BCUT2D eigenvalue weighted by Gasteiger charge is 2.22. The fourth-order valence-corrected chi connectivity index (χ4v) is 3.45. The van der Waals surface area contributed by atoms with E-state index in [-0.39, 0.29) is 18.0 Å². The fourth-order valence-electron chi connectivity index (χ4n) is 3.45. The molecule has 0 spiro atoms. The Labute approximate surface area is 146 Å². The van der Waals surface area contributed by atoms with Crippen LogP contribution in [-0.4, -0.2) is 33.3 Å². The van der Waals surface area contributed by atoms with Gasteiger partial charge in [-0.3, -0.25) is 9.48 Å². The molecule has 1 aromatic heterocycles. The molecular formula is C19H23N3O3. The summed E-state index contributed by atoms with van der Waals surface area (Å²) in [7, 11) is 0. The van der Waals surface area contributed by atoms with Crippen molar-refractivity contribution in [3.8, 4) is 0 Å². The van der Waals surface area contributed by atoms with E-state index in [0.29, 0.717) is 18.4 Å². The van der Waals surface area contributed by atoms with Crippen LogP contribution in [0.15, 0.2) is 42.7 Å². The van der Waals surface area contributed by atoms with Crippen LogP contribution in [0.25, 0.3) is 0 Å². The third-order valence-electron chi connectivity index (χ3n) is 4.89.